The molecule has 0 saturated carbocycles. The van der Waals surface area contributed by atoms with Gasteiger partial charge >= 0.3 is 0 Å². The van der Waals surface area contributed by atoms with Crippen LogP contribution in [0.1, 0.15) is 41.0 Å². The Kier molecular flexibility index (Phi) is 3.74. The zero-order chi connectivity index (χ0) is 14.9. The molecule has 0 spiro atoms. The summed E-state index contributed by atoms with van der Waals surface area (Å²) in [6, 6.07) is 3.87. The van der Waals surface area contributed by atoms with Gasteiger partial charge in [-0.05, 0) is 25.5 Å². The highest BCUT2D eigenvalue weighted by Gasteiger charge is 2.41. The predicted octanol–water partition coefficient (Wildman–Crippen LogP) is 0.779. The number of fused-ring (bicyclic) bond motifs is 1. The number of rotatable bonds is 4. The first-order valence-electron chi connectivity index (χ1n) is 6.53. The SMILES string of the molecule is CCCNC(=O)C(C)N1C(=O)c2cccc(N)c2C1=O. The zero-order valence-corrected chi connectivity index (χ0v) is 11.5. The van der Waals surface area contributed by atoms with Crippen LogP contribution >= 0.6 is 0 Å². The Bertz CT molecular complexity index is 583. The number of nitrogens with two attached hydrogens (primary N) is 1. The van der Waals surface area contributed by atoms with Gasteiger partial charge in [0.25, 0.3) is 11.8 Å². The number of hydrogen-bond donors (Lipinski definition) is 2. The van der Waals surface area contributed by atoms with Crippen molar-refractivity contribution in [3.05, 3.63) is 29.3 Å². The molecule has 2 rings (SSSR count). The standard InChI is InChI=1S/C14H17N3O3/c1-3-7-16-12(18)8(2)17-13(19)9-5-4-6-10(15)11(9)14(17)20/h4-6,8H,3,7,15H2,1-2H3,(H,16,18). The molecule has 1 aromatic carbocycles. The van der Waals surface area contributed by atoms with Crippen molar-refractivity contribution in [2.75, 3.05) is 12.3 Å². The van der Waals surface area contributed by atoms with Crippen LogP contribution in [0.3, 0.4) is 0 Å². The smallest absolute Gasteiger partial charge is 0.264 e. The monoisotopic (exact) mass is 275 g/mol. The van der Waals surface area contributed by atoms with E-state index in [0.717, 1.165) is 11.3 Å². The normalized spacial score (nSPS) is 15.2. The number of anilines is 1. The quantitative estimate of drug-likeness (QED) is 0.627. The molecular weight excluding hydrogens is 258 g/mol. The summed E-state index contributed by atoms with van der Waals surface area (Å²) in [4.78, 5) is 37.4. The molecule has 0 saturated heterocycles. The summed E-state index contributed by atoms with van der Waals surface area (Å²) in [6.07, 6.45) is 0.785. The van der Waals surface area contributed by atoms with E-state index in [-0.39, 0.29) is 22.7 Å². The number of hydrogen-bond acceptors (Lipinski definition) is 4. The van der Waals surface area contributed by atoms with Crippen LogP contribution in [0.5, 0.6) is 0 Å². The summed E-state index contributed by atoms with van der Waals surface area (Å²) in [5.74, 6) is -1.33. The summed E-state index contributed by atoms with van der Waals surface area (Å²) in [6.45, 7) is 3.96. The van der Waals surface area contributed by atoms with Crippen molar-refractivity contribution in [1.29, 1.82) is 0 Å². The Labute approximate surface area is 116 Å². The van der Waals surface area contributed by atoms with Crippen molar-refractivity contribution in [2.45, 2.75) is 26.3 Å². The Morgan fingerprint density at radius 1 is 1.35 bits per heavy atom. The molecule has 1 unspecified atom stereocenters. The summed E-state index contributed by atoms with van der Waals surface area (Å²) in [5, 5.41) is 2.68. The second-order valence-corrected chi connectivity index (χ2v) is 4.72. The minimum Gasteiger partial charge on any atom is -0.398 e. The third-order valence-electron chi connectivity index (χ3n) is 3.29. The van der Waals surface area contributed by atoms with Gasteiger partial charge < -0.3 is 11.1 Å². The highest BCUT2D eigenvalue weighted by Crippen LogP contribution is 2.28. The topological polar surface area (TPSA) is 92.5 Å². The second-order valence-electron chi connectivity index (χ2n) is 4.72. The molecule has 0 radical (unpaired) electrons. The fraction of sp³-hybridized carbons (Fsp3) is 0.357. The molecule has 0 bridgehead atoms. The number of carbonyl (C=O) groups excluding carboxylic acids is 3. The van der Waals surface area contributed by atoms with E-state index in [0.29, 0.717) is 6.54 Å². The van der Waals surface area contributed by atoms with Gasteiger partial charge in [0.15, 0.2) is 0 Å². The van der Waals surface area contributed by atoms with Crippen molar-refractivity contribution in [1.82, 2.24) is 10.2 Å². The van der Waals surface area contributed by atoms with Crippen molar-refractivity contribution in [3.8, 4) is 0 Å². The molecule has 1 aliphatic rings. The molecule has 6 nitrogen and oxygen atoms in total. The lowest BCUT2D eigenvalue weighted by molar-refractivity contribution is -0.124. The molecule has 1 aromatic rings. The number of nitrogen functional groups attached to an aromatic ring is 1. The van der Waals surface area contributed by atoms with Crippen LogP contribution < -0.4 is 11.1 Å². The summed E-state index contributed by atoms with van der Waals surface area (Å²) >= 11 is 0. The van der Waals surface area contributed by atoms with Crippen molar-refractivity contribution < 1.29 is 14.4 Å². The van der Waals surface area contributed by atoms with Crippen LogP contribution in [0, 0.1) is 0 Å². The summed E-state index contributed by atoms with van der Waals surface area (Å²) in [7, 11) is 0. The van der Waals surface area contributed by atoms with Crippen LogP contribution in [0.2, 0.25) is 0 Å². The maximum Gasteiger partial charge on any atom is 0.264 e. The maximum absolute atomic E-state index is 12.3. The third-order valence-corrected chi connectivity index (χ3v) is 3.29. The summed E-state index contributed by atoms with van der Waals surface area (Å²) in [5.41, 5.74) is 6.44. The number of nitrogens with zero attached hydrogens (tertiary/aromatic N) is 1. The van der Waals surface area contributed by atoms with Crippen LogP contribution in [0.15, 0.2) is 18.2 Å². The largest absolute Gasteiger partial charge is 0.398 e. The van der Waals surface area contributed by atoms with E-state index in [2.05, 4.69) is 5.32 Å². The lowest BCUT2D eigenvalue weighted by atomic mass is 10.1. The van der Waals surface area contributed by atoms with Gasteiger partial charge in [-0.15, -0.1) is 0 Å². The van der Waals surface area contributed by atoms with E-state index in [1.54, 1.807) is 18.2 Å². The highest BCUT2D eigenvalue weighted by molar-refractivity contribution is 6.24. The minimum absolute atomic E-state index is 0.188. The van der Waals surface area contributed by atoms with Gasteiger partial charge in [-0.3, -0.25) is 19.3 Å². The highest BCUT2D eigenvalue weighted by atomic mass is 16.2. The van der Waals surface area contributed by atoms with E-state index in [4.69, 9.17) is 5.73 Å². The Balaban J connectivity index is 2.28. The van der Waals surface area contributed by atoms with Crippen LogP contribution in [0.25, 0.3) is 0 Å². The number of nitrogens with one attached hydrogen (secondary N) is 1. The van der Waals surface area contributed by atoms with Gasteiger partial charge in [-0.1, -0.05) is 13.0 Å². The maximum atomic E-state index is 12.3. The van der Waals surface area contributed by atoms with E-state index in [1.165, 1.54) is 6.92 Å². The van der Waals surface area contributed by atoms with Crippen LogP contribution in [-0.4, -0.2) is 35.2 Å². The molecule has 0 aliphatic carbocycles. The minimum atomic E-state index is -0.853. The average Bonchev–Trinajstić information content (AvgIpc) is 2.68. The number of carbonyl (C=O) groups is 3. The molecule has 106 valence electrons. The van der Waals surface area contributed by atoms with E-state index < -0.39 is 17.9 Å². The van der Waals surface area contributed by atoms with Crippen molar-refractivity contribution in [3.63, 3.8) is 0 Å². The van der Waals surface area contributed by atoms with Crippen LogP contribution in [0.4, 0.5) is 5.69 Å². The lowest BCUT2D eigenvalue weighted by Crippen LogP contribution is -2.48. The van der Waals surface area contributed by atoms with Crippen molar-refractivity contribution >= 4 is 23.4 Å². The molecule has 6 heteroatoms. The zero-order valence-electron chi connectivity index (χ0n) is 11.5. The number of benzene rings is 1. The Morgan fingerprint density at radius 3 is 2.65 bits per heavy atom. The molecular formula is C14H17N3O3. The van der Waals surface area contributed by atoms with Gasteiger partial charge in [0.1, 0.15) is 6.04 Å². The molecule has 0 fully saturated rings. The first-order chi connectivity index (χ1) is 9.49. The third kappa shape index (κ3) is 2.13. The van der Waals surface area contributed by atoms with Crippen LogP contribution in [-0.2, 0) is 4.79 Å². The first-order valence-corrected chi connectivity index (χ1v) is 6.53. The van der Waals surface area contributed by atoms with Gasteiger partial charge in [0.2, 0.25) is 5.91 Å². The lowest BCUT2D eigenvalue weighted by Gasteiger charge is -2.21. The fourth-order valence-electron chi connectivity index (χ4n) is 2.19. The molecule has 1 heterocycles. The molecule has 0 aromatic heterocycles. The van der Waals surface area contributed by atoms with Gasteiger partial charge in [0, 0.05) is 12.2 Å². The fourth-order valence-corrected chi connectivity index (χ4v) is 2.19. The van der Waals surface area contributed by atoms with Gasteiger partial charge in [-0.2, -0.15) is 0 Å². The molecule has 1 atom stereocenters. The second kappa shape index (κ2) is 5.32. The molecule has 3 amide bonds. The Morgan fingerprint density at radius 2 is 2.05 bits per heavy atom. The average molecular weight is 275 g/mol. The Hall–Kier alpha value is -2.37. The predicted molar refractivity (Wildman–Crippen MR) is 74.1 cm³/mol. The molecule has 3 N–H and O–H groups in total. The van der Waals surface area contributed by atoms with Gasteiger partial charge in [0.05, 0.1) is 11.1 Å². The molecule has 1 aliphatic heterocycles. The van der Waals surface area contributed by atoms with Gasteiger partial charge in [-0.25, -0.2) is 0 Å². The first kappa shape index (κ1) is 14.0. The summed E-state index contributed by atoms with van der Waals surface area (Å²) < 4.78 is 0. The number of amides is 3. The molecule has 20 heavy (non-hydrogen) atoms. The van der Waals surface area contributed by atoms with Crippen molar-refractivity contribution in [2.24, 2.45) is 0 Å². The number of imide groups is 1. The van der Waals surface area contributed by atoms with E-state index in [1.807, 2.05) is 6.92 Å². The van der Waals surface area contributed by atoms with E-state index >= 15 is 0 Å². The van der Waals surface area contributed by atoms with E-state index in [9.17, 15) is 14.4 Å².